The van der Waals surface area contributed by atoms with Gasteiger partial charge in [0.15, 0.2) is 0 Å². The molecular weight excluding hydrogens is 136 g/mol. The number of hydrogen-bond donors (Lipinski definition) is 0. The molecule has 1 aliphatic heterocycles. The van der Waals surface area contributed by atoms with E-state index in [2.05, 4.69) is 33.1 Å². The first-order valence-electron chi connectivity index (χ1n) is 4.50. The molecule has 11 heavy (non-hydrogen) atoms. The average molecular weight is 157 g/mol. The highest BCUT2D eigenvalue weighted by atomic mass is 15.3. The van der Waals surface area contributed by atoms with Crippen LogP contribution in [0.5, 0.6) is 0 Å². The molecule has 0 aliphatic carbocycles. The summed E-state index contributed by atoms with van der Waals surface area (Å²) < 4.78 is 1.13. The van der Waals surface area contributed by atoms with Gasteiger partial charge in [0, 0.05) is 25.9 Å². The Morgan fingerprint density at radius 3 is 1.91 bits per heavy atom. The van der Waals surface area contributed by atoms with Crippen LogP contribution in [-0.4, -0.2) is 56.7 Å². The minimum absolute atomic E-state index is 0.881. The fourth-order valence-electron chi connectivity index (χ4n) is 1.77. The summed E-state index contributed by atoms with van der Waals surface area (Å²) in [6.07, 6.45) is 2.72. The van der Waals surface area contributed by atoms with Crippen LogP contribution < -0.4 is 0 Å². The minimum Gasteiger partial charge on any atom is -0.328 e. The molecule has 0 spiro atoms. The van der Waals surface area contributed by atoms with Crippen molar-refractivity contribution < 1.29 is 4.48 Å². The molecule has 0 bridgehead atoms. The number of piperidine rings is 1. The van der Waals surface area contributed by atoms with Crippen LogP contribution in [0.1, 0.15) is 12.8 Å². The largest absolute Gasteiger partial charge is 0.328 e. The number of quaternary nitrogens is 1. The lowest BCUT2D eigenvalue weighted by Crippen LogP contribution is -2.50. The number of hydrogen-bond acceptors (Lipinski definition) is 1. The quantitative estimate of drug-likeness (QED) is 0.509. The molecule has 1 fully saturated rings. The Balaban J connectivity index is 2.39. The molecule has 0 amide bonds. The molecule has 0 aromatic rings. The number of nitrogens with zero attached hydrogens (tertiary/aromatic N) is 2. The highest BCUT2D eigenvalue weighted by Crippen LogP contribution is 2.16. The lowest BCUT2D eigenvalue weighted by atomic mass is 10.0. The van der Waals surface area contributed by atoms with Gasteiger partial charge in [0.1, 0.15) is 0 Å². The SMILES string of the molecule is CN1CCC([N+](C)(C)C)CC1. The topological polar surface area (TPSA) is 3.24 Å². The molecular formula is C9H21N2+. The molecule has 66 valence electrons. The summed E-state index contributed by atoms with van der Waals surface area (Å²) in [6.45, 7) is 2.56. The van der Waals surface area contributed by atoms with Crippen molar-refractivity contribution in [1.82, 2.24) is 4.90 Å². The van der Waals surface area contributed by atoms with Gasteiger partial charge in [-0.2, -0.15) is 0 Å². The monoisotopic (exact) mass is 157 g/mol. The van der Waals surface area contributed by atoms with Gasteiger partial charge in [-0.05, 0) is 7.05 Å². The van der Waals surface area contributed by atoms with Crippen LogP contribution in [0.4, 0.5) is 0 Å². The lowest BCUT2D eigenvalue weighted by Gasteiger charge is -2.39. The molecule has 0 unspecified atom stereocenters. The standard InChI is InChI=1S/C9H21N2/c1-10-7-5-9(6-8-10)11(2,3)4/h9H,5-8H2,1-4H3/q+1. The van der Waals surface area contributed by atoms with E-state index in [1.165, 1.54) is 25.9 Å². The van der Waals surface area contributed by atoms with Gasteiger partial charge in [-0.15, -0.1) is 0 Å². The molecule has 0 aromatic heterocycles. The van der Waals surface area contributed by atoms with Crippen molar-refractivity contribution in [3.8, 4) is 0 Å². The first-order valence-corrected chi connectivity index (χ1v) is 4.50. The van der Waals surface area contributed by atoms with Gasteiger partial charge in [-0.1, -0.05) is 0 Å². The maximum Gasteiger partial charge on any atom is 0.0908 e. The summed E-state index contributed by atoms with van der Waals surface area (Å²) in [7, 11) is 9.12. The van der Waals surface area contributed by atoms with Crippen LogP contribution in [0.25, 0.3) is 0 Å². The van der Waals surface area contributed by atoms with E-state index < -0.39 is 0 Å². The molecule has 1 saturated heterocycles. The highest BCUT2D eigenvalue weighted by Gasteiger charge is 2.26. The Morgan fingerprint density at radius 2 is 1.55 bits per heavy atom. The smallest absolute Gasteiger partial charge is 0.0908 e. The Kier molecular flexibility index (Phi) is 2.55. The molecule has 2 heteroatoms. The van der Waals surface area contributed by atoms with Crippen molar-refractivity contribution >= 4 is 0 Å². The lowest BCUT2D eigenvalue weighted by molar-refractivity contribution is -0.897. The first kappa shape index (κ1) is 9.01. The molecule has 0 atom stereocenters. The average Bonchev–Trinajstić information content (AvgIpc) is 1.86. The second-order valence-electron chi connectivity index (χ2n) is 4.65. The zero-order valence-corrected chi connectivity index (χ0v) is 8.30. The Morgan fingerprint density at radius 1 is 1.09 bits per heavy atom. The molecule has 1 rings (SSSR count). The van der Waals surface area contributed by atoms with Gasteiger partial charge in [0.2, 0.25) is 0 Å². The predicted octanol–water partition coefficient (Wildman–Crippen LogP) is 0.787. The van der Waals surface area contributed by atoms with E-state index in [4.69, 9.17) is 0 Å². The zero-order valence-electron chi connectivity index (χ0n) is 8.30. The van der Waals surface area contributed by atoms with Crippen molar-refractivity contribution in [3.63, 3.8) is 0 Å². The Hall–Kier alpha value is -0.0800. The van der Waals surface area contributed by atoms with Crippen molar-refractivity contribution in [1.29, 1.82) is 0 Å². The predicted molar refractivity (Wildman–Crippen MR) is 48.6 cm³/mol. The molecule has 1 heterocycles. The molecule has 0 radical (unpaired) electrons. The third kappa shape index (κ3) is 2.46. The zero-order chi connectivity index (χ0) is 8.48. The number of likely N-dealkylation sites (tertiary alicyclic amines) is 1. The van der Waals surface area contributed by atoms with Gasteiger partial charge < -0.3 is 9.38 Å². The summed E-state index contributed by atoms with van der Waals surface area (Å²) >= 11 is 0. The van der Waals surface area contributed by atoms with Gasteiger partial charge in [0.25, 0.3) is 0 Å². The minimum atomic E-state index is 0.881. The third-order valence-corrected chi connectivity index (χ3v) is 2.78. The molecule has 0 N–H and O–H groups in total. The molecule has 1 aliphatic rings. The second-order valence-corrected chi connectivity index (χ2v) is 4.65. The highest BCUT2D eigenvalue weighted by molar-refractivity contribution is 4.69. The van der Waals surface area contributed by atoms with Gasteiger partial charge in [-0.3, -0.25) is 0 Å². The summed E-state index contributed by atoms with van der Waals surface area (Å²) in [6, 6.07) is 0.881. The summed E-state index contributed by atoms with van der Waals surface area (Å²) in [4.78, 5) is 2.42. The third-order valence-electron chi connectivity index (χ3n) is 2.78. The van der Waals surface area contributed by atoms with E-state index in [1.807, 2.05) is 0 Å². The summed E-state index contributed by atoms with van der Waals surface area (Å²) in [5.41, 5.74) is 0. The maximum absolute atomic E-state index is 2.42. The van der Waals surface area contributed by atoms with Gasteiger partial charge in [0.05, 0.1) is 27.2 Å². The van der Waals surface area contributed by atoms with Crippen molar-refractivity contribution in [2.24, 2.45) is 0 Å². The second kappa shape index (κ2) is 3.11. The fourth-order valence-corrected chi connectivity index (χ4v) is 1.77. The van der Waals surface area contributed by atoms with E-state index in [0.29, 0.717) is 0 Å². The Bertz CT molecular complexity index is 118. The van der Waals surface area contributed by atoms with Crippen molar-refractivity contribution in [2.45, 2.75) is 18.9 Å². The van der Waals surface area contributed by atoms with Gasteiger partial charge >= 0.3 is 0 Å². The van der Waals surface area contributed by atoms with E-state index in [0.717, 1.165) is 10.5 Å². The van der Waals surface area contributed by atoms with Crippen LogP contribution in [0.2, 0.25) is 0 Å². The van der Waals surface area contributed by atoms with E-state index in [-0.39, 0.29) is 0 Å². The van der Waals surface area contributed by atoms with E-state index in [9.17, 15) is 0 Å². The van der Waals surface area contributed by atoms with Crippen molar-refractivity contribution in [2.75, 3.05) is 41.3 Å². The fraction of sp³-hybridized carbons (Fsp3) is 1.00. The Labute approximate surface area is 70.4 Å². The summed E-state index contributed by atoms with van der Waals surface area (Å²) in [5.74, 6) is 0. The first-order chi connectivity index (χ1) is 5.00. The molecule has 0 aromatic carbocycles. The van der Waals surface area contributed by atoms with Crippen LogP contribution in [0.3, 0.4) is 0 Å². The van der Waals surface area contributed by atoms with Crippen molar-refractivity contribution in [3.05, 3.63) is 0 Å². The van der Waals surface area contributed by atoms with Crippen LogP contribution in [0.15, 0.2) is 0 Å². The molecule has 2 nitrogen and oxygen atoms in total. The normalized spacial score (nSPS) is 24.0. The molecule has 0 saturated carbocycles. The van der Waals surface area contributed by atoms with Crippen LogP contribution >= 0.6 is 0 Å². The summed E-state index contributed by atoms with van der Waals surface area (Å²) in [5, 5.41) is 0. The van der Waals surface area contributed by atoms with E-state index in [1.54, 1.807) is 0 Å². The van der Waals surface area contributed by atoms with Crippen LogP contribution in [-0.2, 0) is 0 Å². The number of rotatable bonds is 1. The van der Waals surface area contributed by atoms with Crippen LogP contribution in [0, 0.1) is 0 Å². The van der Waals surface area contributed by atoms with Gasteiger partial charge in [-0.25, -0.2) is 0 Å². The maximum atomic E-state index is 2.42. The van der Waals surface area contributed by atoms with E-state index >= 15 is 0 Å².